The summed E-state index contributed by atoms with van der Waals surface area (Å²) in [4.78, 5) is 4.19. The maximum absolute atomic E-state index is 13.2. The fourth-order valence-electron chi connectivity index (χ4n) is 2.18. The van der Waals surface area contributed by atoms with E-state index in [0.717, 1.165) is 12.0 Å². The zero-order valence-electron chi connectivity index (χ0n) is 14.3. The van der Waals surface area contributed by atoms with Gasteiger partial charge in [-0.05, 0) is 18.6 Å². The van der Waals surface area contributed by atoms with Gasteiger partial charge < -0.3 is 15.4 Å². The maximum Gasteiger partial charge on any atom is 0.191 e. The van der Waals surface area contributed by atoms with E-state index >= 15 is 0 Å². The molecule has 2 rings (SSSR count). The molecule has 130 valence electrons. The summed E-state index contributed by atoms with van der Waals surface area (Å²) in [6, 6.07) is 6.18. The third kappa shape index (κ3) is 5.57. The zero-order valence-corrected chi connectivity index (χ0v) is 14.3. The number of nitrogens with one attached hydrogen (secondary N) is 2. The van der Waals surface area contributed by atoms with Crippen LogP contribution in [0.15, 0.2) is 41.7 Å². The molecule has 0 saturated heterocycles. The molecule has 1 aromatic heterocycles. The van der Waals surface area contributed by atoms with E-state index in [0.29, 0.717) is 24.8 Å². The van der Waals surface area contributed by atoms with E-state index in [4.69, 9.17) is 4.74 Å². The largest absolute Gasteiger partial charge is 0.489 e. The summed E-state index contributed by atoms with van der Waals surface area (Å²) >= 11 is 0. The summed E-state index contributed by atoms with van der Waals surface area (Å²) in [5.41, 5.74) is 1.07. The first kappa shape index (κ1) is 17.8. The monoisotopic (exact) mass is 333 g/mol. The fraction of sp³-hybridized carbons (Fsp3) is 0.412. The molecule has 1 aromatic carbocycles. The van der Waals surface area contributed by atoms with Crippen LogP contribution in [0.4, 0.5) is 4.39 Å². The summed E-state index contributed by atoms with van der Waals surface area (Å²) in [7, 11) is 3.60. The Morgan fingerprint density at radius 2 is 2.25 bits per heavy atom. The molecule has 1 atom stereocenters. The normalized spacial score (nSPS) is 12.8. The lowest BCUT2D eigenvalue weighted by Gasteiger charge is -2.20. The Kier molecular flexibility index (Phi) is 6.60. The van der Waals surface area contributed by atoms with Crippen molar-refractivity contribution in [1.29, 1.82) is 0 Å². The summed E-state index contributed by atoms with van der Waals surface area (Å²) in [6.45, 7) is 3.23. The molecule has 7 heteroatoms. The number of benzene rings is 1. The molecule has 0 aliphatic carbocycles. The van der Waals surface area contributed by atoms with Gasteiger partial charge in [0.25, 0.3) is 0 Å². The number of halogens is 1. The van der Waals surface area contributed by atoms with Crippen LogP contribution < -0.4 is 15.4 Å². The van der Waals surface area contributed by atoms with Crippen molar-refractivity contribution in [2.75, 3.05) is 13.6 Å². The van der Waals surface area contributed by atoms with E-state index < -0.39 is 0 Å². The molecule has 0 spiro atoms. The van der Waals surface area contributed by atoms with Gasteiger partial charge in [-0.3, -0.25) is 9.67 Å². The van der Waals surface area contributed by atoms with Gasteiger partial charge in [-0.1, -0.05) is 13.0 Å². The highest BCUT2D eigenvalue weighted by molar-refractivity contribution is 5.79. The van der Waals surface area contributed by atoms with Crippen molar-refractivity contribution in [3.8, 4) is 5.75 Å². The fourth-order valence-corrected chi connectivity index (χ4v) is 2.18. The van der Waals surface area contributed by atoms with Gasteiger partial charge in [0.2, 0.25) is 0 Å². The number of ether oxygens (including phenoxy) is 1. The first-order valence-corrected chi connectivity index (χ1v) is 7.95. The summed E-state index contributed by atoms with van der Waals surface area (Å²) in [5.74, 6) is 0.909. The van der Waals surface area contributed by atoms with Gasteiger partial charge in [-0.15, -0.1) is 0 Å². The Hall–Kier alpha value is -2.57. The van der Waals surface area contributed by atoms with Gasteiger partial charge in [0.05, 0.1) is 12.7 Å². The number of aryl methyl sites for hydroxylation is 1. The minimum Gasteiger partial charge on any atom is -0.489 e. The highest BCUT2D eigenvalue weighted by Gasteiger charge is 2.10. The average molecular weight is 333 g/mol. The summed E-state index contributed by atoms with van der Waals surface area (Å²) in [6.07, 6.45) is 4.47. The highest BCUT2D eigenvalue weighted by atomic mass is 19.1. The zero-order chi connectivity index (χ0) is 17.4. The van der Waals surface area contributed by atoms with E-state index in [1.165, 1.54) is 12.1 Å². The van der Waals surface area contributed by atoms with Gasteiger partial charge >= 0.3 is 0 Å². The number of hydrogen-bond acceptors (Lipinski definition) is 3. The Morgan fingerprint density at radius 1 is 1.42 bits per heavy atom. The molecule has 1 unspecified atom stereocenters. The molecule has 24 heavy (non-hydrogen) atoms. The van der Waals surface area contributed by atoms with Crippen LogP contribution in [0.3, 0.4) is 0 Å². The second-order valence-electron chi connectivity index (χ2n) is 5.43. The first-order valence-electron chi connectivity index (χ1n) is 7.95. The number of hydrogen-bond donors (Lipinski definition) is 2. The van der Waals surface area contributed by atoms with Crippen molar-refractivity contribution >= 4 is 5.96 Å². The molecular weight excluding hydrogens is 309 g/mol. The summed E-state index contributed by atoms with van der Waals surface area (Å²) < 4.78 is 20.8. The van der Waals surface area contributed by atoms with Crippen LogP contribution in [0.2, 0.25) is 0 Å². The van der Waals surface area contributed by atoms with Crippen LogP contribution in [0, 0.1) is 5.82 Å². The van der Waals surface area contributed by atoms with E-state index in [2.05, 4.69) is 20.7 Å². The molecule has 0 bridgehead atoms. The molecular formula is C17H24FN5O. The quantitative estimate of drug-likeness (QED) is 0.601. The number of aliphatic imine (C=N–C) groups is 1. The van der Waals surface area contributed by atoms with Crippen molar-refractivity contribution in [3.05, 3.63) is 48.0 Å². The van der Waals surface area contributed by atoms with E-state index in [1.54, 1.807) is 23.9 Å². The van der Waals surface area contributed by atoms with Crippen molar-refractivity contribution in [2.45, 2.75) is 26.0 Å². The number of nitrogens with zero attached hydrogens (tertiary/aromatic N) is 3. The van der Waals surface area contributed by atoms with Gasteiger partial charge in [-0.2, -0.15) is 5.10 Å². The van der Waals surface area contributed by atoms with Crippen LogP contribution in [-0.2, 0) is 13.6 Å². The molecule has 2 N–H and O–H groups in total. The van der Waals surface area contributed by atoms with Gasteiger partial charge in [0, 0.05) is 38.5 Å². The molecule has 0 amide bonds. The predicted octanol–water partition coefficient (Wildman–Crippen LogP) is 2.08. The van der Waals surface area contributed by atoms with Crippen molar-refractivity contribution < 1.29 is 9.13 Å². The second kappa shape index (κ2) is 8.90. The van der Waals surface area contributed by atoms with Crippen molar-refractivity contribution in [3.63, 3.8) is 0 Å². The topological polar surface area (TPSA) is 63.5 Å². The minimum absolute atomic E-state index is 0.0799. The SMILES string of the molecule is CCC(CNC(=NC)NCc1cnn(C)c1)Oc1cccc(F)c1. The van der Waals surface area contributed by atoms with E-state index in [1.807, 2.05) is 26.4 Å². The van der Waals surface area contributed by atoms with Crippen molar-refractivity contribution in [1.82, 2.24) is 20.4 Å². The van der Waals surface area contributed by atoms with Crippen LogP contribution in [0.5, 0.6) is 5.75 Å². The minimum atomic E-state index is -0.302. The Balaban J connectivity index is 1.81. The van der Waals surface area contributed by atoms with Gasteiger partial charge in [0.1, 0.15) is 17.7 Å². The van der Waals surface area contributed by atoms with Crippen LogP contribution in [-0.4, -0.2) is 35.4 Å². The molecule has 0 saturated carbocycles. The van der Waals surface area contributed by atoms with Gasteiger partial charge in [-0.25, -0.2) is 4.39 Å². The van der Waals surface area contributed by atoms with Crippen LogP contribution in [0.1, 0.15) is 18.9 Å². The molecule has 0 aliphatic heterocycles. The smallest absolute Gasteiger partial charge is 0.191 e. The van der Waals surface area contributed by atoms with E-state index in [-0.39, 0.29) is 11.9 Å². The second-order valence-corrected chi connectivity index (χ2v) is 5.43. The Labute approximate surface area is 141 Å². The third-order valence-electron chi connectivity index (χ3n) is 3.49. The number of rotatable bonds is 7. The first-order chi connectivity index (χ1) is 11.6. The summed E-state index contributed by atoms with van der Waals surface area (Å²) in [5, 5.41) is 10.6. The molecule has 1 heterocycles. The maximum atomic E-state index is 13.2. The average Bonchev–Trinajstić information content (AvgIpc) is 2.99. The lowest BCUT2D eigenvalue weighted by Crippen LogP contribution is -2.42. The van der Waals surface area contributed by atoms with Crippen LogP contribution in [0.25, 0.3) is 0 Å². The molecule has 0 aliphatic rings. The Morgan fingerprint density at radius 3 is 2.88 bits per heavy atom. The lowest BCUT2D eigenvalue weighted by molar-refractivity contribution is 0.199. The van der Waals surface area contributed by atoms with Crippen molar-refractivity contribution in [2.24, 2.45) is 12.0 Å². The van der Waals surface area contributed by atoms with E-state index in [9.17, 15) is 4.39 Å². The van der Waals surface area contributed by atoms with Gasteiger partial charge in [0.15, 0.2) is 5.96 Å². The predicted molar refractivity (Wildman–Crippen MR) is 92.5 cm³/mol. The lowest BCUT2D eigenvalue weighted by atomic mass is 10.2. The molecule has 6 nitrogen and oxygen atoms in total. The third-order valence-corrected chi connectivity index (χ3v) is 3.49. The highest BCUT2D eigenvalue weighted by Crippen LogP contribution is 2.14. The Bertz CT molecular complexity index is 671. The molecule has 0 fully saturated rings. The number of guanidine groups is 1. The molecule has 0 radical (unpaired) electrons. The standard InChI is InChI=1S/C17H24FN5O/c1-4-15(24-16-7-5-6-14(18)8-16)11-21-17(19-2)20-9-13-10-22-23(3)12-13/h5-8,10,12,15H,4,9,11H2,1-3H3,(H2,19,20,21). The molecule has 2 aromatic rings. The number of aromatic nitrogens is 2. The van der Waals surface area contributed by atoms with Crippen LogP contribution >= 0.6 is 0 Å².